The highest BCUT2D eigenvalue weighted by atomic mass is 79.9. The molecule has 1 atom stereocenters. The molecule has 0 saturated carbocycles. The number of carboxylic acids is 1. The van der Waals surface area contributed by atoms with Crippen LogP contribution in [0.4, 0.5) is 0 Å². The van der Waals surface area contributed by atoms with Gasteiger partial charge in [0.2, 0.25) is 0 Å². The van der Waals surface area contributed by atoms with Crippen LogP contribution < -0.4 is 0 Å². The van der Waals surface area contributed by atoms with Crippen molar-refractivity contribution in [3.63, 3.8) is 0 Å². The summed E-state index contributed by atoms with van der Waals surface area (Å²) in [4.78, 5) is 25.3. The monoisotopic (exact) mass is 333 g/mol. The number of thiophene rings is 1. The molecule has 0 aromatic carbocycles. The van der Waals surface area contributed by atoms with Crippen molar-refractivity contribution in [3.8, 4) is 0 Å². The predicted octanol–water partition coefficient (Wildman–Crippen LogP) is 1.83. The Labute approximate surface area is 116 Å². The van der Waals surface area contributed by atoms with Crippen LogP contribution in [-0.2, 0) is 9.53 Å². The summed E-state index contributed by atoms with van der Waals surface area (Å²) in [7, 11) is 0. The summed E-state index contributed by atoms with van der Waals surface area (Å²) in [5.74, 6) is -1.05. The molecule has 18 heavy (non-hydrogen) atoms. The number of amides is 1. The summed E-state index contributed by atoms with van der Waals surface area (Å²) < 4.78 is 6.10. The fourth-order valence-corrected chi connectivity index (χ4v) is 3.24. The number of hydrogen-bond donors (Lipinski definition) is 1. The minimum Gasteiger partial charge on any atom is -0.481 e. The summed E-state index contributed by atoms with van der Waals surface area (Å²) in [6.07, 6.45) is -0.0850. The summed E-state index contributed by atoms with van der Waals surface area (Å²) >= 11 is 4.65. The van der Waals surface area contributed by atoms with E-state index in [1.807, 2.05) is 5.38 Å². The van der Waals surface area contributed by atoms with E-state index in [0.29, 0.717) is 18.0 Å². The Kier molecular flexibility index (Phi) is 4.36. The highest BCUT2D eigenvalue weighted by Crippen LogP contribution is 2.23. The number of nitrogens with zero attached hydrogens (tertiary/aromatic N) is 1. The van der Waals surface area contributed by atoms with Gasteiger partial charge in [-0.3, -0.25) is 9.59 Å². The Morgan fingerprint density at radius 3 is 3.00 bits per heavy atom. The first-order valence-electron chi connectivity index (χ1n) is 5.42. The van der Waals surface area contributed by atoms with Gasteiger partial charge in [0.15, 0.2) is 0 Å². The van der Waals surface area contributed by atoms with Crippen molar-refractivity contribution in [3.05, 3.63) is 20.8 Å². The second kappa shape index (κ2) is 5.81. The quantitative estimate of drug-likeness (QED) is 0.916. The van der Waals surface area contributed by atoms with Gasteiger partial charge in [-0.15, -0.1) is 11.3 Å². The molecular weight excluding hydrogens is 322 g/mol. The van der Waals surface area contributed by atoms with E-state index < -0.39 is 5.97 Å². The van der Waals surface area contributed by atoms with E-state index >= 15 is 0 Å². The van der Waals surface area contributed by atoms with Crippen molar-refractivity contribution in [1.29, 1.82) is 0 Å². The molecule has 98 valence electrons. The lowest BCUT2D eigenvalue weighted by Crippen LogP contribution is -2.49. The molecule has 1 aromatic heterocycles. The lowest BCUT2D eigenvalue weighted by Gasteiger charge is -2.34. The topological polar surface area (TPSA) is 66.8 Å². The van der Waals surface area contributed by atoms with E-state index in [9.17, 15) is 9.59 Å². The van der Waals surface area contributed by atoms with Gasteiger partial charge in [0.1, 0.15) is 0 Å². The Balaban J connectivity index is 2.13. The largest absolute Gasteiger partial charge is 0.481 e. The molecule has 0 aliphatic carbocycles. The van der Waals surface area contributed by atoms with Crippen molar-refractivity contribution in [1.82, 2.24) is 4.90 Å². The number of carboxylic acid groups (broad SMARTS) is 1. The fraction of sp³-hybridized carbons (Fsp3) is 0.455. The molecule has 2 rings (SSSR count). The maximum Gasteiger partial charge on any atom is 0.305 e. The van der Waals surface area contributed by atoms with Crippen LogP contribution in [0.3, 0.4) is 0 Å². The highest BCUT2D eigenvalue weighted by molar-refractivity contribution is 9.10. The smallest absolute Gasteiger partial charge is 0.305 e. The minimum atomic E-state index is -0.921. The van der Waals surface area contributed by atoms with Crippen molar-refractivity contribution >= 4 is 39.1 Å². The number of morpholine rings is 1. The molecule has 0 spiro atoms. The molecular formula is C11H12BrNO4S. The van der Waals surface area contributed by atoms with Crippen LogP contribution in [0.1, 0.15) is 16.1 Å². The van der Waals surface area contributed by atoms with E-state index in [1.165, 1.54) is 11.3 Å². The average molecular weight is 334 g/mol. The van der Waals surface area contributed by atoms with Gasteiger partial charge in [0.05, 0.1) is 30.6 Å². The highest BCUT2D eigenvalue weighted by Gasteiger charge is 2.30. The summed E-state index contributed by atoms with van der Waals surface area (Å²) in [5, 5.41) is 10.7. The van der Waals surface area contributed by atoms with Crippen LogP contribution in [0.15, 0.2) is 15.9 Å². The average Bonchev–Trinajstić information content (AvgIpc) is 2.75. The van der Waals surface area contributed by atoms with Crippen molar-refractivity contribution < 1.29 is 19.4 Å². The van der Waals surface area contributed by atoms with Crippen LogP contribution in [0, 0.1) is 0 Å². The number of rotatable bonds is 3. The number of ether oxygens (including phenoxy) is 1. The van der Waals surface area contributed by atoms with Gasteiger partial charge in [-0.05, 0) is 22.0 Å². The zero-order chi connectivity index (χ0) is 13.1. The third-order valence-electron chi connectivity index (χ3n) is 2.68. The molecule has 1 fully saturated rings. The minimum absolute atomic E-state index is 0.0850. The fourth-order valence-electron chi connectivity index (χ4n) is 1.86. The van der Waals surface area contributed by atoms with Crippen molar-refractivity contribution in [2.24, 2.45) is 0 Å². The summed E-state index contributed by atoms with van der Waals surface area (Å²) in [5.41, 5.74) is 0. The van der Waals surface area contributed by atoms with Crippen LogP contribution >= 0.6 is 27.3 Å². The Morgan fingerprint density at radius 2 is 2.39 bits per heavy atom. The van der Waals surface area contributed by atoms with Gasteiger partial charge in [0, 0.05) is 16.4 Å². The molecule has 1 aliphatic rings. The van der Waals surface area contributed by atoms with Crippen LogP contribution in [0.5, 0.6) is 0 Å². The van der Waals surface area contributed by atoms with E-state index in [2.05, 4.69) is 15.9 Å². The molecule has 1 N–H and O–H groups in total. The maximum absolute atomic E-state index is 12.3. The molecule has 0 bridgehead atoms. The van der Waals surface area contributed by atoms with Crippen LogP contribution in [-0.4, -0.2) is 47.7 Å². The standard InChI is InChI=1S/C11H12BrNO4S/c12-7-3-9(18-6-7)11(16)13-1-2-17-5-8(13)4-10(14)15/h3,6,8H,1-2,4-5H2,(H,14,15). The second-order valence-corrected chi connectivity index (χ2v) is 5.78. The lowest BCUT2D eigenvalue weighted by atomic mass is 10.1. The van der Waals surface area contributed by atoms with Crippen LogP contribution in [0.2, 0.25) is 0 Å². The van der Waals surface area contributed by atoms with Gasteiger partial charge in [0.25, 0.3) is 5.91 Å². The van der Waals surface area contributed by atoms with Gasteiger partial charge < -0.3 is 14.7 Å². The van der Waals surface area contributed by atoms with Gasteiger partial charge in [-0.1, -0.05) is 0 Å². The summed E-state index contributed by atoms with van der Waals surface area (Å²) in [6, 6.07) is 1.37. The van der Waals surface area contributed by atoms with Gasteiger partial charge >= 0.3 is 5.97 Å². The Morgan fingerprint density at radius 1 is 1.61 bits per heavy atom. The molecule has 2 heterocycles. The molecule has 7 heteroatoms. The van der Waals surface area contributed by atoms with E-state index in [4.69, 9.17) is 9.84 Å². The molecule has 5 nitrogen and oxygen atoms in total. The number of carbonyl (C=O) groups excluding carboxylic acids is 1. The number of aliphatic carboxylic acids is 1. The lowest BCUT2D eigenvalue weighted by molar-refractivity contribution is -0.139. The van der Waals surface area contributed by atoms with Crippen molar-refractivity contribution in [2.45, 2.75) is 12.5 Å². The molecule has 1 saturated heterocycles. The molecule has 1 unspecified atom stereocenters. The first kappa shape index (κ1) is 13.5. The van der Waals surface area contributed by atoms with E-state index in [1.54, 1.807) is 11.0 Å². The summed E-state index contributed by atoms with van der Waals surface area (Å²) in [6.45, 7) is 1.17. The van der Waals surface area contributed by atoms with E-state index in [-0.39, 0.29) is 25.0 Å². The zero-order valence-corrected chi connectivity index (χ0v) is 11.9. The first-order chi connectivity index (χ1) is 8.58. The number of hydrogen-bond acceptors (Lipinski definition) is 4. The van der Waals surface area contributed by atoms with Crippen LogP contribution in [0.25, 0.3) is 0 Å². The molecule has 1 aromatic rings. The predicted molar refractivity (Wildman–Crippen MR) is 69.9 cm³/mol. The molecule has 1 amide bonds. The third kappa shape index (κ3) is 3.09. The third-order valence-corrected chi connectivity index (χ3v) is 4.36. The first-order valence-corrected chi connectivity index (χ1v) is 7.09. The normalized spacial score (nSPS) is 19.8. The van der Waals surface area contributed by atoms with Gasteiger partial charge in [-0.25, -0.2) is 0 Å². The zero-order valence-electron chi connectivity index (χ0n) is 9.47. The Bertz CT molecular complexity index is 462. The SMILES string of the molecule is O=C(O)CC1COCCN1C(=O)c1cc(Br)cs1. The van der Waals surface area contributed by atoms with Gasteiger partial charge in [-0.2, -0.15) is 0 Å². The molecule has 0 radical (unpaired) electrons. The second-order valence-electron chi connectivity index (χ2n) is 3.95. The maximum atomic E-state index is 12.3. The number of halogens is 1. The van der Waals surface area contributed by atoms with E-state index in [0.717, 1.165) is 4.47 Å². The molecule has 1 aliphatic heterocycles. The number of carbonyl (C=O) groups is 2. The Hall–Kier alpha value is -0.920. The van der Waals surface area contributed by atoms with Crippen molar-refractivity contribution in [2.75, 3.05) is 19.8 Å².